The third-order valence-corrected chi connectivity index (χ3v) is 4.28. The number of aromatic nitrogens is 2. The van der Waals surface area contributed by atoms with Crippen LogP contribution < -0.4 is 10.9 Å². The molecule has 0 bridgehead atoms. The second kappa shape index (κ2) is 9.54. The van der Waals surface area contributed by atoms with E-state index in [0.29, 0.717) is 19.7 Å². The minimum absolute atomic E-state index is 0.234. The normalized spacial score (nSPS) is 18.5. The van der Waals surface area contributed by atoms with Crippen molar-refractivity contribution in [2.45, 2.75) is 32.7 Å². The van der Waals surface area contributed by atoms with E-state index in [1.165, 1.54) is 29.7 Å². The van der Waals surface area contributed by atoms with Gasteiger partial charge in [-0.15, -0.1) is 0 Å². The molecule has 0 aliphatic carbocycles. The maximum absolute atomic E-state index is 12.2. The molecule has 7 nitrogen and oxygen atoms in total. The number of amides is 1. The summed E-state index contributed by atoms with van der Waals surface area (Å²) < 4.78 is 6.20. The molecule has 0 saturated carbocycles. The van der Waals surface area contributed by atoms with Crippen molar-refractivity contribution >= 4 is 5.91 Å². The molecule has 1 N–H and O–H groups in total. The van der Waals surface area contributed by atoms with E-state index < -0.39 is 0 Å². The maximum atomic E-state index is 12.2. The summed E-state index contributed by atoms with van der Waals surface area (Å²) in [4.78, 5) is 26.3. The molecule has 7 heteroatoms. The Kier molecular flexibility index (Phi) is 7.39. The Balaban J connectivity index is 1.76. The van der Waals surface area contributed by atoms with Crippen LogP contribution in [0.15, 0.2) is 16.9 Å². The van der Waals surface area contributed by atoms with E-state index in [0.717, 1.165) is 32.0 Å². The molecule has 1 aromatic heterocycles. The first-order valence-electron chi connectivity index (χ1n) is 8.68. The topological polar surface area (TPSA) is 76.5 Å². The first-order chi connectivity index (χ1) is 11.6. The van der Waals surface area contributed by atoms with Gasteiger partial charge in [-0.05, 0) is 44.3 Å². The van der Waals surface area contributed by atoms with Crippen LogP contribution in [0.2, 0.25) is 0 Å². The SMILES string of the molecule is COCCn1nc(C(=O)NCCCN2CCC[C@H](C)C2)ccc1=O. The van der Waals surface area contributed by atoms with Gasteiger partial charge >= 0.3 is 0 Å². The number of carbonyl (C=O) groups is 1. The van der Waals surface area contributed by atoms with Gasteiger partial charge in [0.1, 0.15) is 5.69 Å². The number of hydrogen-bond acceptors (Lipinski definition) is 5. The van der Waals surface area contributed by atoms with Crippen LogP contribution in [0.5, 0.6) is 0 Å². The summed E-state index contributed by atoms with van der Waals surface area (Å²) in [7, 11) is 1.56. The lowest BCUT2D eigenvalue weighted by atomic mass is 10.0. The Morgan fingerprint density at radius 1 is 1.42 bits per heavy atom. The summed E-state index contributed by atoms with van der Waals surface area (Å²) >= 11 is 0. The number of likely N-dealkylation sites (tertiary alicyclic amines) is 1. The highest BCUT2D eigenvalue weighted by Gasteiger charge is 2.15. The maximum Gasteiger partial charge on any atom is 0.271 e. The fourth-order valence-electron chi connectivity index (χ4n) is 2.99. The average molecular weight is 336 g/mol. The Morgan fingerprint density at radius 2 is 2.25 bits per heavy atom. The molecule has 134 valence electrons. The molecular formula is C17H28N4O3. The van der Waals surface area contributed by atoms with Gasteiger partial charge in [0.05, 0.1) is 13.2 Å². The summed E-state index contributed by atoms with van der Waals surface area (Å²) in [5.74, 6) is 0.527. The van der Waals surface area contributed by atoms with Gasteiger partial charge in [0.2, 0.25) is 0 Å². The van der Waals surface area contributed by atoms with Crippen LogP contribution in [0, 0.1) is 5.92 Å². The van der Waals surface area contributed by atoms with E-state index in [9.17, 15) is 9.59 Å². The molecule has 1 aliphatic heterocycles. The molecule has 0 spiro atoms. The molecule has 1 atom stereocenters. The third-order valence-electron chi connectivity index (χ3n) is 4.28. The summed E-state index contributed by atoms with van der Waals surface area (Å²) in [6.45, 7) is 6.94. The second-order valence-corrected chi connectivity index (χ2v) is 6.43. The molecule has 1 amide bonds. The van der Waals surface area contributed by atoms with Crippen molar-refractivity contribution in [2.24, 2.45) is 5.92 Å². The van der Waals surface area contributed by atoms with Crippen LogP contribution in [-0.2, 0) is 11.3 Å². The zero-order valence-electron chi connectivity index (χ0n) is 14.7. The van der Waals surface area contributed by atoms with Gasteiger partial charge < -0.3 is 15.0 Å². The van der Waals surface area contributed by atoms with Gasteiger partial charge in [0.15, 0.2) is 0 Å². The van der Waals surface area contributed by atoms with Gasteiger partial charge in [-0.2, -0.15) is 5.10 Å². The van der Waals surface area contributed by atoms with Crippen molar-refractivity contribution in [3.63, 3.8) is 0 Å². The molecule has 24 heavy (non-hydrogen) atoms. The van der Waals surface area contributed by atoms with Crippen molar-refractivity contribution in [3.05, 3.63) is 28.2 Å². The lowest BCUT2D eigenvalue weighted by Crippen LogP contribution is -2.37. The predicted octanol–water partition coefficient (Wildman–Crippen LogP) is 0.742. The fourth-order valence-corrected chi connectivity index (χ4v) is 2.99. The molecule has 0 aromatic carbocycles. The molecule has 1 aliphatic rings. The lowest BCUT2D eigenvalue weighted by Gasteiger charge is -2.30. The number of methoxy groups -OCH3 is 1. The number of nitrogens with zero attached hydrogens (tertiary/aromatic N) is 3. The van der Waals surface area contributed by atoms with Crippen molar-refractivity contribution in [1.29, 1.82) is 0 Å². The van der Waals surface area contributed by atoms with Gasteiger partial charge in [0.25, 0.3) is 11.5 Å². The fraction of sp³-hybridized carbons (Fsp3) is 0.706. The van der Waals surface area contributed by atoms with Gasteiger partial charge in [-0.3, -0.25) is 9.59 Å². The van der Waals surface area contributed by atoms with Gasteiger partial charge in [-0.1, -0.05) is 6.92 Å². The van der Waals surface area contributed by atoms with Crippen LogP contribution >= 0.6 is 0 Å². The summed E-state index contributed by atoms with van der Waals surface area (Å²) in [6, 6.07) is 2.83. The standard InChI is InChI=1S/C17H28N4O3/c1-14-5-3-9-20(13-14)10-4-8-18-17(23)15-6-7-16(22)21(19-15)11-12-24-2/h6-7,14H,3-5,8-13H2,1-2H3,(H,18,23)/t14-/m0/s1. The molecule has 1 aromatic rings. The highest BCUT2D eigenvalue weighted by Crippen LogP contribution is 2.15. The van der Waals surface area contributed by atoms with E-state index in [2.05, 4.69) is 22.2 Å². The van der Waals surface area contributed by atoms with Crippen molar-refractivity contribution < 1.29 is 9.53 Å². The minimum atomic E-state index is -0.242. The molecule has 1 saturated heterocycles. The number of hydrogen-bond donors (Lipinski definition) is 1. The van der Waals surface area contributed by atoms with Crippen LogP contribution in [0.1, 0.15) is 36.7 Å². The van der Waals surface area contributed by atoms with Crippen LogP contribution in [0.3, 0.4) is 0 Å². The van der Waals surface area contributed by atoms with E-state index in [1.54, 1.807) is 7.11 Å². The summed E-state index contributed by atoms with van der Waals surface area (Å²) in [5, 5.41) is 6.97. The zero-order valence-corrected chi connectivity index (χ0v) is 14.7. The Hall–Kier alpha value is -1.73. The average Bonchev–Trinajstić information content (AvgIpc) is 2.58. The number of piperidine rings is 1. The van der Waals surface area contributed by atoms with Crippen molar-refractivity contribution in [3.8, 4) is 0 Å². The van der Waals surface area contributed by atoms with Crippen molar-refractivity contribution in [1.82, 2.24) is 20.0 Å². The van der Waals surface area contributed by atoms with Crippen LogP contribution in [-0.4, -0.2) is 60.5 Å². The first-order valence-corrected chi connectivity index (χ1v) is 8.68. The number of rotatable bonds is 8. The third kappa shape index (κ3) is 5.72. The van der Waals surface area contributed by atoms with Crippen molar-refractivity contribution in [2.75, 3.05) is 39.9 Å². The quantitative estimate of drug-likeness (QED) is 0.709. The minimum Gasteiger partial charge on any atom is -0.383 e. The molecule has 0 radical (unpaired) electrons. The van der Waals surface area contributed by atoms with Crippen LogP contribution in [0.4, 0.5) is 0 Å². The molecule has 2 heterocycles. The zero-order chi connectivity index (χ0) is 17.4. The first kappa shape index (κ1) is 18.6. The van der Waals surface area contributed by atoms with E-state index >= 15 is 0 Å². The Labute approximate surface area is 143 Å². The Bertz CT molecular complexity index is 587. The molecule has 1 fully saturated rings. The molecule has 0 unspecified atom stereocenters. The highest BCUT2D eigenvalue weighted by atomic mass is 16.5. The monoisotopic (exact) mass is 336 g/mol. The van der Waals surface area contributed by atoms with E-state index in [4.69, 9.17) is 4.74 Å². The summed E-state index contributed by atoms with van der Waals surface area (Å²) in [6.07, 6.45) is 3.50. The highest BCUT2D eigenvalue weighted by molar-refractivity contribution is 5.91. The number of nitrogens with one attached hydrogen (secondary N) is 1. The van der Waals surface area contributed by atoms with E-state index in [-0.39, 0.29) is 17.2 Å². The molecule has 2 rings (SSSR count). The second-order valence-electron chi connectivity index (χ2n) is 6.43. The largest absolute Gasteiger partial charge is 0.383 e. The number of carbonyl (C=O) groups excluding carboxylic acids is 1. The van der Waals surface area contributed by atoms with Crippen LogP contribution in [0.25, 0.3) is 0 Å². The van der Waals surface area contributed by atoms with E-state index in [1.807, 2.05) is 0 Å². The predicted molar refractivity (Wildman–Crippen MR) is 92.2 cm³/mol. The smallest absolute Gasteiger partial charge is 0.271 e. The number of ether oxygens (including phenoxy) is 1. The van der Waals surface area contributed by atoms with Gasteiger partial charge in [-0.25, -0.2) is 4.68 Å². The summed E-state index contributed by atoms with van der Waals surface area (Å²) in [5.41, 5.74) is 0.0279. The lowest BCUT2D eigenvalue weighted by molar-refractivity contribution is 0.0941. The molecular weight excluding hydrogens is 308 g/mol. The Morgan fingerprint density at radius 3 is 3.00 bits per heavy atom. The van der Waals surface area contributed by atoms with Gasteiger partial charge in [0, 0.05) is 26.3 Å².